The van der Waals surface area contributed by atoms with Crippen LogP contribution in [0.3, 0.4) is 0 Å². The molecule has 0 radical (unpaired) electrons. The number of thioether (sulfide) groups is 1. The quantitative estimate of drug-likeness (QED) is 0.734. The number of rotatable bonds is 5. The second-order valence-electron chi connectivity index (χ2n) is 4.56. The van der Waals surface area contributed by atoms with Crippen molar-refractivity contribution in [3.8, 4) is 0 Å². The summed E-state index contributed by atoms with van der Waals surface area (Å²) in [5.41, 5.74) is 1.16. The van der Waals surface area contributed by atoms with Gasteiger partial charge >= 0.3 is 5.97 Å². The van der Waals surface area contributed by atoms with Crippen LogP contribution in [0.4, 0.5) is 0 Å². The van der Waals surface area contributed by atoms with Gasteiger partial charge in [0, 0.05) is 0 Å². The first kappa shape index (κ1) is 13.6. The van der Waals surface area contributed by atoms with Crippen LogP contribution in [0.5, 0.6) is 0 Å². The normalized spacial score (nSPS) is 10.9. The predicted molar refractivity (Wildman–Crippen MR) is 81.4 cm³/mol. The third kappa shape index (κ3) is 3.05. The van der Waals surface area contributed by atoms with E-state index in [0.717, 1.165) is 5.56 Å². The second-order valence-corrected chi connectivity index (χ2v) is 5.50. The first-order chi connectivity index (χ1) is 10.2. The average Bonchev–Trinajstić information content (AvgIpc) is 2.93. The van der Waals surface area contributed by atoms with Crippen molar-refractivity contribution < 1.29 is 9.90 Å². The first-order valence-corrected chi connectivity index (χ1v) is 7.41. The highest BCUT2D eigenvalue weighted by atomic mass is 32.2. The molecule has 0 unspecified atom stereocenters. The zero-order valence-electron chi connectivity index (χ0n) is 11.1. The molecule has 3 aromatic rings. The highest BCUT2D eigenvalue weighted by Crippen LogP contribution is 2.21. The summed E-state index contributed by atoms with van der Waals surface area (Å²) in [7, 11) is 0. The van der Waals surface area contributed by atoms with Crippen LogP contribution >= 0.6 is 11.8 Å². The number of aliphatic carboxylic acids is 1. The van der Waals surface area contributed by atoms with Crippen LogP contribution in [0, 0.1) is 0 Å². The molecule has 1 N–H and O–H groups in total. The molecule has 0 aliphatic heterocycles. The van der Waals surface area contributed by atoms with Crippen molar-refractivity contribution in [1.29, 1.82) is 0 Å². The minimum atomic E-state index is -0.861. The van der Waals surface area contributed by atoms with Crippen LogP contribution in [0.2, 0.25) is 0 Å². The van der Waals surface area contributed by atoms with Gasteiger partial charge in [0.15, 0.2) is 5.16 Å². The van der Waals surface area contributed by atoms with Crippen LogP contribution < -0.4 is 0 Å². The van der Waals surface area contributed by atoms with E-state index in [9.17, 15) is 4.79 Å². The summed E-state index contributed by atoms with van der Waals surface area (Å²) in [5.74, 6) is -0.881. The molecule has 0 saturated heterocycles. The van der Waals surface area contributed by atoms with Crippen molar-refractivity contribution in [2.45, 2.75) is 11.7 Å². The number of carboxylic acid groups (broad SMARTS) is 1. The van der Waals surface area contributed by atoms with Crippen molar-refractivity contribution in [3.05, 3.63) is 54.4 Å². The standard InChI is InChI=1S/C15H13N3O2S/c19-14(20)9-21-15-17-16-10-18(15)8-12-6-3-5-11-4-1-2-7-13(11)12/h1-7,10H,8-9H2,(H,19,20). The summed E-state index contributed by atoms with van der Waals surface area (Å²) in [6, 6.07) is 14.3. The Balaban J connectivity index is 1.89. The Labute approximate surface area is 125 Å². The average molecular weight is 299 g/mol. The molecule has 6 heteroatoms. The lowest BCUT2D eigenvalue weighted by Crippen LogP contribution is -2.04. The van der Waals surface area contributed by atoms with Gasteiger partial charge in [-0.1, -0.05) is 54.2 Å². The SMILES string of the molecule is O=C(O)CSc1nncn1Cc1cccc2ccccc12. The summed E-state index contributed by atoms with van der Waals surface area (Å²) >= 11 is 1.18. The number of fused-ring (bicyclic) bond motifs is 1. The molecule has 0 atom stereocenters. The second kappa shape index (κ2) is 5.97. The van der Waals surface area contributed by atoms with E-state index in [1.807, 2.05) is 22.8 Å². The Morgan fingerprint density at radius 1 is 1.19 bits per heavy atom. The fraction of sp³-hybridized carbons (Fsp3) is 0.133. The highest BCUT2D eigenvalue weighted by molar-refractivity contribution is 7.99. The molecule has 5 nitrogen and oxygen atoms in total. The maximum Gasteiger partial charge on any atom is 0.313 e. The van der Waals surface area contributed by atoms with E-state index in [0.29, 0.717) is 11.7 Å². The van der Waals surface area contributed by atoms with Crippen molar-refractivity contribution >= 4 is 28.5 Å². The summed E-state index contributed by atoms with van der Waals surface area (Å²) in [5, 5.41) is 19.6. The number of hydrogen-bond acceptors (Lipinski definition) is 4. The summed E-state index contributed by atoms with van der Waals surface area (Å²) in [6.07, 6.45) is 1.63. The minimum Gasteiger partial charge on any atom is -0.481 e. The third-order valence-electron chi connectivity index (χ3n) is 3.13. The van der Waals surface area contributed by atoms with Gasteiger partial charge in [-0.05, 0) is 16.3 Å². The largest absolute Gasteiger partial charge is 0.481 e. The Hall–Kier alpha value is -2.34. The number of nitrogens with zero attached hydrogens (tertiary/aromatic N) is 3. The molecular formula is C15H13N3O2S. The molecule has 0 aliphatic carbocycles. The van der Waals surface area contributed by atoms with E-state index in [2.05, 4.69) is 34.5 Å². The Morgan fingerprint density at radius 2 is 2.00 bits per heavy atom. The van der Waals surface area contributed by atoms with Gasteiger partial charge in [-0.3, -0.25) is 4.79 Å². The Kier molecular flexibility index (Phi) is 3.87. The molecule has 0 bridgehead atoms. The topological polar surface area (TPSA) is 68.0 Å². The van der Waals surface area contributed by atoms with E-state index in [4.69, 9.17) is 5.11 Å². The first-order valence-electron chi connectivity index (χ1n) is 6.43. The zero-order valence-corrected chi connectivity index (χ0v) is 12.0. The maximum absolute atomic E-state index is 10.7. The summed E-state index contributed by atoms with van der Waals surface area (Å²) in [4.78, 5) is 10.7. The van der Waals surface area contributed by atoms with Gasteiger partial charge in [0.25, 0.3) is 0 Å². The lowest BCUT2D eigenvalue weighted by atomic mass is 10.0. The van der Waals surface area contributed by atoms with Crippen LogP contribution in [0.25, 0.3) is 10.8 Å². The van der Waals surface area contributed by atoms with Crippen molar-refractivity contribution in [2.24, 2.45) is 0 Å². The molecule has 0 fully saturated rings. The number of aromatic nitrogens is 3. The fourth-order valence-electron chi connectivity index (χ4n) is 2.20. The maximum atomic E-state index is 10.7. The third-order valence-corrected chi connectivity index (χ3v) is 4.09. The zero-order chi connectivity index (χ0) is 14.7. The molecule has 0 spiro atoms. The minimum absolute atomic E-state index is 0.0196. The highest BCUT2D eigenvalue weighted by Gasteiger charge is 2.09. The molecule has 3 rings (SSSR count). The Morgan fingerprint density at radius 3 is 2.86 bits per heavy atom. The lowest BCUT2D eigenvalue weighted by molar-refractivity contribution is -0.133. The molecule has 21 heavy (non-hydrogen) atoms. The predicted octanol–water partition coefficient (Wildman–Crippen LogP) is 2.66. The van der Waals surface area contributed by atoms with Gasteiger partial charge in [-0.15, -0.1) is 10.2 Å². The van der Waals surface area contributed by atoms with Gasteiger partial charge in [-0.2, -0.15) is 0 Å². The fourth-order valence-corrected chi connectivity index (χ4v) is 2.84. The van der Waals surface area contributed by atoms with E-state index < -0.39 is 5.97 Å². The molecule has 0 amide bonds. The van der Waals surface area contributed by atoms with Gasteiger partial charge < -0.3 is 9.67 Å². The van der Waals surface area contributed by atoms with Gasteiger partial charge in [0.05, 0.1) is 12.3 Å². The lowest BCUT2D eigenvalue weighted by Gasteiger charge is -2.09. The van der Waals surface area contributed by atoms with Crippen molar-refractivity contribution in [3.63, 3.8) is 0 Å². The molecule has 1 aromatic heterocycles. The monoisotopic (exact) mass is 299 g/mol. The van der Waals surface area contributed by atoms with E-state index in [1.54, 1.807) is 6.33 Å². The van der Waals surface area contributed by atoms with Gasteiger partial charge in [0.2, 0.25) is 0 Å². The van der Waals surface area contributed by atoms with Crippen LogP contribution in [0.1, 0.15) is 5.56 Å². The molecule has 106 valence electrons. The van der Waals surface area contributed by atoms with Crippen LogP contribution in [0.15, 0.2) is 53.9 Å². The molecular weight excluding hydrogens is 286 g/mol. The molecule has 2 aromatic carbocycles. The van der Waals surface area contributed by atoms with Crippen molar-refractivity contribution in [2.75, 3.05) is 5.75 Å². The number of benzene rings is 2. The number of hydrogen-bond donors (Lipinski definition) is 1. The molecule has 0 aliphatic rings. The van der Waals surface area contributed by atoms with E-state index in [1.165, 1.54) is 22.5 Å². The summed E-state index contributed by atoms with van der Waals surface area (Å²) in [6.45, 7) is 0.621. The van der Waals surface area contributed by atoms with E-state index >= 15 is 0 Å². The van der Waals surface area contributed by atoms with E-state index in [-0.39, 0.29) is 5.75 Å². The molecule has 1 heterocycles. The number of carboxylic acids is 1. The molecule has 0 saturated carbocycles. The summed E-state index contributed by atoms with van der Waals surface area (Å²) < 4.78 is 1.87. The smallest absolute Gasteiger partial charge is 0.313 e. The van der Waals surface area contributed by atoms with Crippen LogP contribution in [-0.4, -0.2) is 31.6 Å². The Bertz CT molecular complexity index is 780. The van der Waals surface area contributed by atoms with Crippen LogP contribution in [-0.2, 0) is 11.3 Å². The van der Waals surface area contributed by atoms with Gasteiger partial charge in [-0.25, -0.2) is 0 Å². The van der Waals surface area contributed by atoms with Gasteiger partial charge in [0.1, 0.15) is 6.33 Å². The van der Waals surface area contributed by atoms with Crippen molar-refractivity contribution in [1.82, 2.24) is 14.8 Å². The number of carbonyl (C=O) groups is 1.